The van der Waals surface area contributed by atoms with Gasteiger partial charge in [0.15, 0.2) is 0 Å². The molecule has 2 aromatic rings. The van der Waals surface area contributed by atoms with Crippen LogP contribution in [0.1, 0.15) is 25.1 Å². The Morgan fingerprint density at radius 2 is 2.35 bits per heavy atom. The standard InChI is InChI=1S/C12H13ClN2OS/c13-11-9-4-6-17-12(9)15-10(14-11)7-8-3-1-2-5-16-8/h4,6,8H,1-3,5,7H2. The van der Waals surface area contributed by atoms with Crippen molar-refractivity contribution < 1.29 is 4.74 Å². The Morgan fingerprint density at radius 3 is 3.18 bits per heavy atom. The van der Waals surface area contributed by atoms with Gasteiger partial charge in [-0.2, -0.15) is 0 Å². The molecule has 1 fully saturated rings. The topological polar surface area (TPSA) is 35.0 Å². The van der Waals surface area contributed by atoms with Crippen LogP contribution in [0.3, 0.4) is 0 Å². The van der Waals surface area contributed by atoms with E-state index in [0.717, 1.165) is 35.5 Å². The van der Waals surface area contributed by atoms with Gasteiger partial charge in [-0.25, -0.2) is 9.97 Å². The van der Waals surface area contributed by atoms with E-state index in [1.165, 1.54) is 12.8 Å². The van der Waals surface area contributed by atoms with Crippen LogP contribution < -0.4 is 0 Å². The minimum atomic E-state index is 0.261. The maximum Gasteiger partial charge on any atom is 0.141 e. The highest BCUT2D eigenvalue weighted by Crippen LogP contribution is 2.25. The lowest BCUT2D eigenvalue weighted by atomic mass is 10.1. The van der Waals surface area contributed by atoms with E-state index in [9.17, 15) is 0 Å². The number of thiophene rings is 1. The highest BCUT2D eigenvalue weighted by molar-refractivity contribution is 7.16. The van der Waals surface area contributed by atoms with Gasteiger partial charge in [0.2, 0.25) is 0 Å². The van der Waals surface area contributed by atoms with Crippen molar-refractivity contribution in [3.05, 3.63) is 22.4 Å². The van der Waals surface area contributed by atoms with E-state index < -0.39 is 0 Å². The van der Waals surface area contributed by atoms with Gasteiger partial charge in [-0.3, -0.25) is 0 Å². The molecular weight excluding hydrogens is 256 g/mol. The number of halogens is 1. The Morgan fingerprint density at radius 1 is 1.41 bits per heavy atom. The lowest BCUT2D eigenvalue weighted by Crippen LogP contribution is -2.22. The molecule has 0 amide bonds. The molecule has 1 saturated heterocycles. The van der Waals surface area contributed by atoms with Crippen LogP contribution in [0, 0.1) is 0 Å². The van der Waals surface area contributed by atoms with E-state index in [1.807, 2.05) is 11.4 Å². The second kappa shape index (κ2) is 4.88. The SMILES string of the molecule is Clc1nc(CC2CCCCO2)nc2sccc12. The Hall–Kier alpha value is -0.710. The molecule has 2 aromatic heterocycles. The second-order valence-corrected chi connectivity index (χ2v) is 5.52. The molecule has 90 valence electrons. The van der Waals surface area contributed by atoms with Crippen molar-refractivity contribution in [3.8, 4) is 0 Å². The molecule has 1 atom stereocenters. The minimum Gasteiger partial charge on any atom is -0.378 e. The summed E-state index contributed by atoms with van der Waals surface area (Å²) in [5, 5.41) is 3.50. The van der Waals surface area contributed by atoms with E-state index >= 15 is 0 Å². The van der Waals surface area contributed by atoms with Crippen molar-refractivity contribution in [1.82, 2.24) is 9.97 Å². The fraction of sp³-hybridized carbons (Fsp3) is 0.500. The van der Waals surface area contributed by atoms with Gasteiger partial charge in [0.05, 0.1) is 6.10 Å². The molecule has 3 rings (SSSR count). The molecule has 0 aromatic carbocycles. The molecule has 0 spiro atoms. The zero-order valence-corrected chi connectivity index (χ0v) is 10.9. The summed E-state index contributed by atoms with van der Waals surface area (Å²) in [6.07, 6.45) is 4.54. The summed E-state index contributed by atoms with van der Waals surface area (Å²) in [6.45, 7) is 0.861. The lowest BCUT2D eigenvalue weighted by Gasteiger charge is -2.21. The second-order valence-electron chi connectivity index (χ2n) is 4.26. The van der Waals surface area contributed by atoms with Gasteiger partial charge in [0.1, 0.15) is 15.8 Å². The predicted octanol–water partition coefficient (Wildman–Crippen LogP) is 3.46. The molecule has 5 heteroatoms. The number of aromatic nitrogens is 2. The number of rotatable bonds is 2. The fourth-order valence-corrected chi connectivity index (χ4v) is 3.21. The zero-order chi connectivity index (χ0) is 11.7. The molecule has 0 bridgehead atoms. The average Bonchev–Trinajstić information content (AvgIpc) is 2.79. The molecule has 0 radical (unpaired) electrons. The molecule has 1 aliphatic rings. The number of ether oxygens (including phenoxy) is 1. The van der Waals surface area contributed by atoms with E-state index in [-0.39, 0.29) is 6.10 Å². The first-order valence-corrected chi connectivity index (χ1v) is 7.10. The quantitative estimate of drug-likeness (QED) is 0.783. The Balaban J connectivity index is 1.84. The summed E-state index contributed by atoms with van der Waals surface area (Å²) in [6, 6.07) is 1.96. The lowest BCUT2D eigenvalue weighted by molar-refractivity contribution is 0.0157. The average molecular weight is 269 g/mol. The number of nitrogens with zero attached hydrogens (tertiary/aromatic N) is 2. The monoisotopic (exact) mass is 268 g/mol. The molecular formula is C12H13ClN2OS. The van der Waals surface area contributed by atoms with Gasteiger partial charge in [0, 0.05) is 18.4 Å². The Bertz CT molecular complexity index is 522. The van der Waals surface area contributed by atoms with Gasteiger partial charge in [-0.1, -0.05) is 11.6 Å². The van der Waals surface area contributed by atoms with Crippen molar-refractivity contribution in [2.24, 2.45) is 0 Å². The zero-order valence-electron chi connectivity index (χ0n) is 9.36. The van der Waals surface area contributed by atoms with E-state index in [4.69, 9.17) is 16.3 Å². The van der Waals surface area contributed by atoms with E-state index in [0.29, 0.717) is 5.15 Å². The molecule has 3 heterocycles. The fourth-order valence-electron chi connectivity index (χ4n) is 2.12. The summed E-state index contributed by atoms with van der Waals surface area (Å²) in [5.74, 6) is 0.803. The van der Waals surface area contributed by atoms with Gasteiger partial charge in [-0.05, 0) is 30.7 Å². The van der Waals surface area contributed by atoms with Gasteiger partial charge < -0.3 is 4.74 Å². The maximum atomic E-state index is 6.14. The number of hydrogen-bond donors (Lipinski definition) is 0. The van der Waals surface area contributed by atoms with Crippen LogP contribution in [0.2, 0.25) is 5.15 Å². The van der Waals surface area contributed by atoms with Gasteiger partial charge >= 0.3 is 0 Å². The third-order valence-corrected chi connectivity index (χ3v) is 4.10. The van der Waals surface area contributed by atoms with Crippen molar-refractivity contribution in [2.45, 2.75) is 31.8 Å². The molecule has 3 nitrogen and oxygen atoms in total. The van der Waals surface area contributed by atoms with Crippen molar-refractivity contribution >= 4 is 33.2 Å². The Labute approximate surface area is 109 Å². The summed E-state index contributed by atoms with van der Waals surface area (Å²) >= 11 is 7.74. The molecule has 0 aliphatic carbocycles. The molecule has 0 saturated carbocycles. The minimum absolute atomic E-state index is 0.261. The first-order chi connectivity index (χ1) is 8.33. The van der Waals surface area contributed by atoms with Crippen molar-refractivity contribution in [1.29, 1.82) is 0 Å². The first-order valence-electron chi connectivity index (χ1n) is 5.84. The summed E-state index contributed by atoms with van der Waals surface area (Å²) in [7, 11) is 0. The van der Waals surface area contributed by atoms with Crippen LogP contribution in [0.25, 0.3) is 10.2 Å². The molecule has 1 unspecified atom stereocenters. The summed E-state index contributed by atoms with van der Waals surface area (Å²) < 4.78 is 5.70. The van der Waals surface area contributed by atoms with E-state index in [2.05, 4.69) is 9.97 Å². The number of hydrogen-bond acceptors (Lipinski definition) is 4. The highest BCUT2D eigenvalue weighted by Gasteiger charge is 2.17. The molecule has 1 aliphatic heterocycles. The third-order valence-electron chi connectivity index (χ3n) is 3.01. The van der Waals surface area contributed by atoms with Crippen LogP contribution in [0.4, 0.5) is 0 Å². The van der Waals surface area contributed by atoms with Crippen LogP contribution in [-0.2, 0) is 11.2 Å². The first kappa shape index (κ1) is 11.4. The van der Waals surface area contributed by atoms with Crippen molar-refractivity contribution in [3.63, 3.8) is 0 Å². The third kappa shape index (κ3) is 2.44. The maximum absolute atomic E-state index is 6.14. The van der Waals surface area contributed by atoms with Crippen LogP contribution in [-0.4, -0.2) is 22.7 Å². The van der Waals surface area contributed by atoms with Crippen LogP contribution in [0.5, 0.6) is 0 Å². The van der Waals surface area contributed by atoms with E-state index in [1.54, 1.807) is 11.3 Å². The largest absolute Gasteiger partial charge is 0.378 e. The van der Waals surface area contributed by atoms with Crippen molar-refractivity contribution in [2.75, 3.05) is 6.61 Å². The molecule has 17 heavy (non-hydrogen) atoms. The smallest absolute Gasteiger partial charge is 0.141 e. The van der Waals surface area contributed by atoms with Gasteiger partial charge in [-0.15, -0.1) is 11.3 Å². The highest BCUT2D eigenvalue weighted by atomic mass is 35.5. The Kier molecular flexibility index (Phi) is 3.27. The normalized spacial score (nSPS) is 20.9. The summed E-state index contributed by atoms with van der Waals surface area (Å²) in [4.78, 5) is 9.85. The van der Waals surface area contributed by atoms with Crippen LogP contribution in [0.15, 0.2) is 11.4 Å². The van der Waals surface area contributed by atoms with Crippen LogP contribution >= 0.6 is 22.9 Å². The molecule has 0 N–H and O–H groups in total. The summed E-state index contributed by atoms with van der Waals surface area (Å²) in [5.41, 5.74) is 0. The number of fused-ring (bicyclic) bond motifs is 1. The predicted molar refractivity (Wildman–Crippen MR) is 69.7 cm³/mol. The van der Waals surface area contributed by atoms with Gasteiger partial charge in [0.25, 0.3) is 0 Å².